The molecule has 1 heterocycles. The average Bonchev–Trinajstić information content (AvgIpc) is 2.34. The largest absolute Gasteiger partial charge is 0.385 e. The normalized spacial score (nSPS) is 17.2. The van der Waals surface area contributed by atoms with E-state index in [0.717, 1.165) is 39.1 Å². The highest BCUT2D eigenvalue weighted by molar-refractivity contribution is 5.74. The Kier molecular flexibility index (Phi) is 7.05. The zero-order valence-corrected chi connectivity index (χ0v) is 11.9. The summed E-state index contributed by atoms with van der Waals surface area (Å²) in [5.74, 6) is 0.694. The molecule has 2 amide bonds. The van der Waals surface area contributed by atoms with Gasteiger partial charge in [0.25, 0.3) is 0 Å². The molecule has 0 aromatic rings. The van der Waals surface area contributed by atoms with Gasteiger partial charge in [-0.05, 0) is 12.3 Å². The number of hydrogen-bond donors (Lipinski definition) is 1. The molecule has 0 aromatic carbocycles. The van der Waals surface area contributed by atoms with Gasteiger partial charge in [0, 0.05) is 53.0 Å². The number of carbonyl (C=O) groups is 1. The molecule has 0 bridgehead atoms. The molecule has 1 saturated heterocycles. The summed E-state index contributed by atoms with van der Waals surface area (Å²) in [6, 6.07) is 0.0651. The van der Waals surface area contributed by atoms with E-state index in [9.17, 15) is 4.79 Å². The van der Waals surface area contributed by atoms with Crippen LogP contribution in [-0.4, -0.2) is 68.8 Å². The number of hydrogen-bond acceptors (Lipinski definition) is 3. The van der Waals surface area contributed by atoms with E-state index < -0.39 is 0 Å². The van der Waals surface area contributed by atoms with E-state index in [-0.39, 0.29) is 6.03 Å². The molecule has 1 aliphatic rings. The molecule has 1 N–H and O–H groups in total. The Balaban J connectivity index is 2.15. The molecule has 0 saturated carbocycles. The van der Waals surface area contributed by atoms with Gasteiger partial charge in [0.05, 0.1) is 0 Å². The predicted octanol–water partition coefficient (Wildman–Crippen LogP) is 1.01. The monoisotopic (exact) mass is 257 g/mol. The number of rotatable bonds is 6. The summed E-state index contributed by atoms with van der Waals surface area (Å²) in [4.78, 5) is 16.2. The number of nitrogens with one attached hydrogen (secondary N) is 1. The van der Waals surface area contributed by atoms with Gasteiger partial charge in [0.1, 0.15) is 0 Å². The first kappa shape index (κ1) is 15.2. The zero-order valence-electron chi connectivity index (χ0n) is 11.9. The number of piperazine rings is 1. The third-order valence-corrected chi connectivity index (χ3v) is 3.08. The second-order valence-electron chi connectivity index (χ2n) is 5.26. The van der Waals surface area contributed by atoms with E-state index in [4.69, 9.17) is 4.74 Å². The maximum atomic E-state index is 11.8. The van der Waals surface area contributed by atoms with Crippen molar-refractivity contribution in [1.29, 1.82) is 0 Å². The van der Waals surface area contributed by atoms with Crippen LogP contribution in [-0.2, 0) is 4.74 Å². The van der Waals surface area contributed by atoms with Crippen molar-refractivity contribution < 1.29 is 9.53 Å². The lowest BCUT2D eigenvalue weighted by Gasteiger charge is -2.35. The Morgan fingerprint density at radius 1 is 1.28 bits per heavy atom. The lowest BCUT2D eigenvalue weighted by molar-refractivity contribution is 0.130. The average molecular weight is 257 g/mol. The fourth-order valence-corrected chi connectivity index (χ4v) is 2.17. The molecule has 1 rings (SSSR count). The Labute approximate surface area is 110 Å². The first-order valence-electron chi connectivity index (χ1n) is 6.87. The molecular formula is C13H27N3O2. The quantitative estimate of drug-likeness (QED) is 0.722. The summed E-state index contributed by atoms with van der Waals surface area (Å²) in [7, 11) is 1.68. The molecule has 106 valence electrons. The molecule has 0 aromatic heterocycles. The first-order valence-corrected chi connectivity index (χ1v) is 6.87. The Morgan fingerprint density at radius 2 is 1.94 bits per heavy atom. The van der Waals surface area contributed by atoms with Crippen molar-refractivity contribution in [3.63, 3.8) is 0 Å². The molecule has 0 unspecified atom stereocenters. The Hall–Kier alpha value is -0.810. The number of nitrogens with zero attached hydrogens (tertiary/aromatic N) is 2. The predicted molar refractivity (Wildman–Crippen MR) is 72.7 cm³/mol. The van der Waals surface area contributed by atoms with Gasteiger partial charge in [-0.15, -0.1) is 0 Å². The second kappa shape index (κ2) is 8.32. The molecule has 0 aliphatic carbocycles. The highest BCUT2D eigenvalue weighted by atomic mass is 16.5. The number of urea groups is 1. The Morgan fingerprint density at radius 3 is 2.50 bits per heavy atom. The minimum atomic E-state index is 0.0651. The highest BCUT2D eigenvalue weighted by Gasteiger charge is 2.20. The molecule has 1 aliphatic heterocycles. The molecule has 1 fully saturated rings. The number of ether oxygens (including phenoxy) is 1. The zero-order chi connectivity index (χ0) is 13.4. The van der Waals surface area contributed by atoms with Crippen molar-refractivity contribution in [3.8, 4) is 0 Å². The van der Waals surface area contributed by atoms with Crippen LogP contribution in [0.3, 0.4) is 0 Å². The van der Waals surface area contributed by atoms with E-state index in [0.29, 0.717) is 19.1 Å². The molecule has 5 nitrogen and oxygen atoms in total. The Bertz CT molecular complexity index is 238. The van der Waals surface area contributed by atoms with E-state index in [2.05, 4.69) is 24.1 Å². The first-order chi connectivity index (χ1) is 8.63. The fourth-order valence-electron chi connectivity index (χ4n) is 2.17. The van der Waals surface area contributed by atoms with Crippen LogP contribution < -0.4 is 5.32 Å². The van der Waals surface area contributed by atoms with Crippen LogP contribution >= 0.6 is 0 Å². The minimum absolute atomic E-state index is 0.0651. The molecular weight excluding hydrogens is 230 g/mol. The molecule has 0 atom stereocenters. The van der Waals surface area contributed by atoms with E-state index in [1.807, 2.05) is 4.90 Å². The standard InChI is InChI=1S/C13H27N3O2/c1-12(2)11-15-6-8-16(9-7-15)13(17)14-5-4-10-18-3/h12H,4-11H2,1-3H3,(H,14,17). The van der Waals surface area contributed by atoms with Gasteiger partial charge in [0.2, 0.25) is 0 Å². The summed E-state index contributed by atoms with van der Waals surface area (Å²) in [5, 5.41) is 2.93. The van der Waals surface area contributed by atoms with Crippen molar-refractivity contribution in [3.05, 3.63) is 0 Å². The maximum absolute atomic E-state index is 11.8. The van der Waals surface area contributed by atoms with Crippen molar-refractivity contribution in [1.82, 2.24) is 15.1 Å². The summed E-state index contributed by atoms with van der Waals surface area (Å²) in [6.45, 7) is 10.6. The summed E-state index contributed by atoms with van der Waals surface area (Å²) >= 11 is 0. The van der Waals surface area contributed by atoms with Crippen LogP contribution in [0.25, 0.3) is 0 Å². The topological polar surface area (TPSA) is 44.8 Å². The molecule has 18 heavy (non-hydrogen) atoms. The second-order valence-corrected chi connectivity index (χ2v) is 5.26. The lowest BCUT2D eigenvalue weighted by atomic mass is 10.2. The van der Waals surface area contributed by atoms with Crippen molar-refractivity contribution >= 4 is 6.03 Å². The minimum Gasteiger partial charge on any atom is -0.385 e. The summed E-state index contributed by atoms with van der Waals surface area (Å²) in [6.07, 6.45) is 0.871. The highest BCUT2D eigenvalue weighted by Crippen LogP contribution is 2.05. The van der Waals surface area contributed by atoms with Crippen LogP contribution in [0.1, 0.15) is 20.3 Å². The van der Waals surface area contributed by atoms with Crippen LogP contribution in [0.4, 0.5) is 4.79 Å². The van der Waals surface area contributed by atoms with Gasteiger partial charge >= 0.3 is 6.03 Å². The van der Waals surface area contributed by atoms with Crippen molar-refractivity contribution in [2.24, 2.45) is 5.92 Å². The van der Waals surface area contributed by atoms with Gasteiger partial charge in [-0.25, -0.2) is 4.79 Å². The smallest absolute Gasteiger partial charge is 0.317 e. The van der Waals surface area contributed by atoms with Crippen LogP contribution in [0.15, 0.2) is 0 Å². The van der Waals surface area contributed by atoms with Gasteiger partial charge in [-0.2, -0.15) is 0 Å². The molecule has 0 spiro atoms. The van der Waals surface area contributed by atoms with Crippen molar-refractivity contribution in [2.75, 3.05) is 53.0 Å². The van der Waals surface area contributed by atoms with Gasteiger partial charge in [0.15, 0.2) is 0 Å². The van der Waals surface area contributed by atoms with Gasteiger partial charge in [-0.3, -0.25) is 4.90 Å². The maximum Gasteiger partial charge on any atom is 0.317 e. The van der Waals surface area contributed by atoms with E-state index in [1.54, 1.807) is 7.11 Å². The van der Waals surface area contributed by atoms with E-state index in [1.165, 1.54) is 0 Å². The number of carbonyl (C=O) groups excluding carboxylic acids is 1. The third-order valence-electron chi connectivity index (χ3n) is 3.08. The number of amides is 2. The van der Waals surface area contributed by atoms with Crippen LogP contribution in [0, 0.1) is 5.92 Å². The summed E-state index contributed by atoms with van der Waals surface area (Å²) in [5.41, 5.74) is 0. The lowest BCUT2D eigenvalue weighted by Crippen LogP contribution is -2.52. The molecule has 5 heteroatoms. The van der Waals surface area contributed by atoms with E-state index >= 15 is 0 Å². The number of methoxy groups -OCH3 is 1. The van der Waals surface area contributed by atoms with Crippen LogP contribution in [0.2, 0.25) is 0 Å². The molecule has 0 radical (unpaired) electrons. The van der Waals surface area contributed by atoms with Crippen molar-refractivity contribution in [2.45, 2.75) is 20.3 Å². The van der Waals surface area contributed by atoms with Gasteiger partial charge in [-0.1, -0.05) is 13.8 Å². The summed E-state index contributed by atoms with van der Waals surface area (Å²) < 4.78 is 4.95. The fraction of sp³-hybridized carbons (Fsp3) is 0.923. The van der Waals surface area contributed by atoms with Gasteiger partial charge < -0.3 is 15.0 Å². The SMILES string of the molecule is COCCCNC(=O)N1CCN(CC(C)C)CC1. The third kappa shape index (κ3) is 5.69. The van der Waals surface area contributed by atoms with Crippen LogP contribution in [0.5, 0.6) is 0 Å².